The minimum Gasteiger partial charge on any atom is -0.459 e. The molecule has 0 bridgehead atoms. The molecular weight excluding hydrogens is 421 g/mol. The van der Waals surface area contributed by atoms with Crippen molar-refractivity contribution >= 4 is 17.5 Å². The number of nitrogens with zero attached hydrogens (tertiary/aromatic N) is 3. The Hall–Kier alpha value is -2.78. The van der Waals surface area contributed by atoms with Gasteiger partial charge < -0.3 is 4.74 Å². The summed E-state index contributed by atoms with van der Waals surface area (Å²) < 4.78 is 78.4. The summed E-state index contributed by atoms with van der Waals surface area (Å²) in [7, 11) is 1.54. The van der Waals surface area contributed by atoms with Crippen LogP contribution in [0.15, 0.2) is 4.99 Å². The average molecular weight is 443 g/mol. The number of aryl methyl sites for hydroxylation is 2. The van der Waals surface area contributed by atoms with Crippen LogP contribution >= 0.6 is 0 Å². The van der Waals surface area contributed by atoms with Crippen LogP contribution in [0.2, 0.25) is 0 Å². The fourth-order valence-corrected chi connectivity index (χ4v) is 3.82. The third kappa shape index (κ3) is 3.72. The Morgan fingerprint density at radius 3 is 2.00 bits per heavy atom. The zero-order valence-corrected chi connectivity index (χ0v) is 17.9. The number of halogens is 5. The lowest BCUT2D eigenvalue weighted by molar-refractivity contribution is -0.157. The van der Waals surface area contributed by atoms with E-state index in [9.17, 15) is 26.7 Å². The molecule has 5 nitrogen and oxygen atoms in total. The number of hydrogen-bond acceptors (Lipinski definition) is 4. The highest BCUT2D eigenvalue weighted by molar-refractivity contribution is 6.05. The van der Waals surface area contributed by atoms with E-state index in [2.05, 4.69) is 10.1 Å². The van der Waals surface area contributed by atoms with Gasteiger partial charge in [0.05, 0.1) is 5.69 Å². The number of rotatable bonds is 3. The number of aliphatic imine (C=N–C) groups is 1. The van der Waals surface area contributed by atoms with Crippen LogP contribution in [0.5, 0.6) is 0 Å². The minimum absolute atomic E-state index is 0.112. The monoisotopic (exact) mass is 443 g/mol. The van der Waals surface area contributed by atoms with E-state index in [0.717, 1.165) is 0 Å². The van der Waals surface area contributed by atoms with Gasteiger partial charge in [0, 0.05) is 29.8 Å². The molecule has 2 aromatic rings. The smallest absolute Gasteiger partial charge is 0.316 e. The van der Waals surface area contributed by atoms with Crippen LogP contribution in [0.1, 0.15) is 57.4 Å². The normalized spacial score (nSPS) is 18.6. The van der Waals surface area contributed by atoms with Gasteiger partial charge in [-0.1, -0.05) is 6.92 Å². The number of carbonyl (C=O) groups excluding carboxylic acids is 1. The largest absolute Gasteiger partial charge is 0.459 e. The lowest BCUT2D eigenvalue weighted by Crippen LogP contribution is -2.38. The summed E-state index contributed by atoms with van der Waals surface area (Å²) in [4.78, 5) is 17.4. The summed E-state index contributed by atoms with van der Waals surface area (Å²) in [5, 5.41) is 4.26. The van der Waals surface area contributed by atoms with E-state index in [1.807, 2.05) is 0 Å². The van der Waals surface area contributed by atoms with Gasteiger partial charge in [-0.3, -0.25) is 9.48 Å². The second-order valence-electron chi connectivity index (χ2n) is 8.39. The van der Waals surface area contributed by atoms with Crippen LogP contribution in [0.25, 0.3) is 0 Å². The molecule has 0 saturated heterocycles. The molecule has 1 aliphatic heterocycles. The van der Waals surface area contributed by atoms with Gasteiger partial charge in [-0.2, -0.15) is 5.10 Å². The number of aromatic nitrogens is 2. The highest BCUT2D eigenvalue weighted by Crippen LogP contribution is 2.47. The molecule has 2 atom stereocenters. The molecule has 1 aliphatic rings. The van der Waals surface area contributed by atoms with Crippen molar-refractivity contribution in [3.05, 3.63) is 45.9 Å². The SMILES string of the molecule is CCc1nn(C)c2c1C(c1c(F)c(F)c(F)c(F)c1F)C(C(=O)OC(C)(C)C)C(C)=N2. The summed E-state index contributed by atoms with van der Waals surface area (Å²) in [6, 6.07) is 0. The Kier molecular flexibility index (Phi) is 5.70. The van der Waals surface area contributed by atoms with Crippen LogP contribution in [-0.4, -0.2) is 27.1 Å². The standard InChI is InChI=1S/C21H22F5N3O2/c1-7-9-11-12(13-14(22)16(24)18(26)17(25)15(13)23)10(20(30)31-21(3,4)5)8(2)27-19(11)29(6)28-9/h10,12H,7H2,1-6H3. The van der Waals surface area contributed by atoms with Crippen molar-refractivity contribution in [3.8, 4) is 0 Å². The van der Waals surface area contributed by atoms with Crippen LogP contribution in [0, 0.1) is 35.0 Å². The average Bonchev–Trinajstić information content (AvgIpc) is 2.98. The molecule has 0 amide bonds. The van der Waals surface area contributed by atoms with E-state index >= 15 is 0 Å². The van der Waals surface area contributed by atoms with E-state index in [1.165, 1.54) is 18.7 Å². The fraction of sp³-hybridized carbons (Fsp3) is 0.476. The predicted molar refractivity (Wildman–Crippen MR) is 103 cm³/mol. The molecule has 2 heterocycles. The lowest BCUT2D eigenvalue weighted by atomic mass is 9.75. The molecule has 0 spiro atoms. The number of fused-ring (bicyclic) bond motifs is 1. The van der Waals surface area contributed by atoms with Crippen molar-refractivity contribution in [1.29, 1.82) is 0 Å². The molecule has 1 aromatic carbocycles. The third-order valence-electron chi connectivity index (χ3n) is 5.06. The van der Waals surface area contributed by atoms with Gasteiger partial charge in [-0.25, -0.2) is 26.9 Å². The fourth-order valence-electron chi connectivity index (χ4n) is 3.82. The summed E-state index contributed by atoms with van der Waals surface area (Å²) >= 11 is 0. The van der Waals surface area contributed by atoms with E-state index in [4.69, 9.17) is 4.74 Å². The summed E-state index contributed by atoms with van der Waals surface area (Å²) in [5.74, 6) is -14.1. The first-order chi connectivity index (χ1) is 14.3. The Balaban J connectivity index is 2.38. The Morgan fingerprint density at radius 1 is 1.00 bits per heavy atom. The molecule has 0 fully saturated rings. The Bertz CT molecular complexity index is 1070. The van der Waals surface area contributed by atoms with Crippen LogP contribution < -0.4 is 0 Å². The van der Waals surface area contributed by atoms with Gasteiger partial charge in [0.1, 0.15) is 11.5 Å². The maximum absolute atomic E-state index is 14.9. The number of ether oxygens (including phenoxy) is 1. The van der Waals surface area contributed by atoms with Crippen LogP contribution in [-0.2, 0) is 23.0 Å². The quantitative estimate of drug-likeness (QED) is 0.294. The van der Waals surface area contributed by atoms with E-state index in [-0.39, 0.29) is 23.5 Å². The molecule has 3 rings (SSSR count). The molecular formula is C21H22F5N3O2. The van der Waals surface area contributed by atoms with E-state index in [0.29, 0.717) is 5.69 Å². The number of hydrogen-bond donors (Lipinski definition) is 0. The molecule has 1 aromatic heterocycles. The second-order valence-corrected chi connectivity index (χ2v) is 8.39. The maximum atomic E-state index is 14.9. The van der Waals surface area contributed by atoms with E-state index < -0.39 is 58.1 Å². The minimum atomic E-state index is -2.27. The van der Waals surface area contributed by atoms with Gasteiger partial charge in [-0.05, 0) is 34.1 Å². The lowest BCUT2D eigenvalue weighted by Gasteiger charge is -2.32. The first-order valence-electron chi connectivity index (χ1n) is 9.65. The number of esters is 1. The van der Waals surface area contributed by atoms with Crippen molar-refractivity contribution in [2.75, 3.05) is 0 Å². The van der Waals surface area contributed by atoms with Crippen molar-refractivity contribution in [3.63, 3.8) is 0 Å². The first-order valence-corrected chi connectivity index (χ1v) is 9.65. The third-order valence-corrected chi connectivity index (χ3v) is 5.06. The summed E-state index contributed by atoms with van der Waals surface area (Å²) in [6.45, 7) is 7.95. The number of carbonyl (C=O) groups is 1. The van der Waals surface area contributed by atoms with Crippen LogP contribution in [0.4, 0.5) is 27.8 Å². The number of benzene rings is 1. The van der Waals surface area contributed by atoms with Crippen molar-refractivity contribution in [1.82, 2.24) is 9.78 Å². The van der Waals surface area contributed by atoms with Gasteiger partial charge in [0.25, 0.3) is 0 Å². The molecule has 2 unspecified atom stereocenters. The van der Waals surface area contributed by atoms with Gasteiger partial charge in [0.15, 0.2) is 29.1 Å². The van der Waals surface area contributed by atoms with Crippen molar-refractivity contribution in [2.24, 2.45) is 18.0 Å². The summed E-state index contributed by atoms with van der Waals surface area (Å²) in [5.41, 5.74) is -1.49. The Labute approximate surface area is 175 Å². The zero-order valence-electron chi connectivity index (χ0n) is 17.9. The van der Waals surface area contributed by atoms with Crippen molar-refractivity contribution < 1.29 is 31.5 Å². The van der Waals surface area contributed by atoms with Gasteiger partial charge in [-0.15, -0.1) is 0 Å². The highest BCUT2D eigenvalue weighted by Gasteiger charge is 2.46. The molecule has 10 heteroatoms. The van der Waals surface area contributed by atoms with Gasteiger partial charge >= 0.3 is 5.97 Å². The topological polar surface area (TPSA) is 56.5 Å². The van der Waals surface area contributed by atoms with E-state index in [1.54, 1.807) is 27.7 Å². The Morgan fingerprint density at radius 2 is 1.52 bits per heavy atom. The van der Waals surface area contributed by atoms with Crippen LogP contribution in [0.3, 0.4) is 0 Å². The maximum Gasteiger partial charge on any atom is 0.316 e. The molecule has 0 radical (unpaired) electrons. The first kappa shape index (κ1) is 22.9. The zero-order chi connectivity index (χ0) is 23.4. The molecule has 0 aliphatic carbocycles. The molecule has 0 saturated carbocycles. The highest BCUT2D eigenvalue weighted by atomic mass is 19.2. The molecule has 31 heavy (non-hydrogen) atoms. The molecule has 168 valence electrons. The summed E-state index contributed by atoms with van der Waals surface area (Å²) in [6.07, 6.45) is 0.282. The molecule has 0 N–H and O–H groups in total. The predicted octanol–water partition coefficient (Wildman–Crippen LogP) is 4.87. The van der Waals surface area contributed by atoms with Crippen molar-refractivity contribution in [2.45, 2.75) is 52.6 Å². The van der Waals surface area contributed by atoms with Gasteiger partial charge in [0.2, 0.25) is 5.82 Å². The second kappa shape index (κ2) is 7.72.